The third-order valence-electron chi connectivity index (χ3n) is 3.52. The zero-order chi connectivity index (χ0) is 15.6. The van der Waals surface area contributed by atoms with Gasteiger partial charge in [0.2, 0.25) is 0 Å². The molecule has 1 fully saturated rings. The summed E-state index contributed by atoms with van der Waals surface area (Å²) in [6.07, 6.45) is 0.903. The number of halogens is 1. The van der Waals surface area contributed by atoms with Crippen LogP contribution in [-0.2, 0) is 9.59 Å². The van der Waals surface area contributed by atoms with Crippen LogP contribution in [0, 0.1) is 0 Å². The Kier molecular flexibility index (Phi) is 4.67. The van der Waals surface area contributed by atoms with Gasteiger partial charge in [0.15, 0.2) is 11.6 Å². The van der Waals surface area contributed by atoms with E-state index in [1.807, 2.05) is 0 Å². The zero-order valence-electron chi connectivity index (χ0n) is 11.7. The fourth-order valence-electron chi connectivity index (χ4n) is 2.50. The predicted octanol–water partition coefficient (Wildman–Crippen LogP) is 2.92. The van der Waals surface area contributed by atoms with E-state index < -0.39 is 0 Å². The highest BCUT2D eigenvalue weighted by Gasteiger charge is 2.34. The zero-order valence-corrected chi connectivity index (χ0v) is 13.3. The lowest BCUT2D eigenvalue weighted by Gasteiger charge is -2.24. The maximum Gasteiger partial charge on any atom is 0.170 e. The van der Waals surface area contributed by atoms with Crippen molar-refractivity contribution in [1.82, 2.24) is 0 Å². The molecule has 1 N–H and O–H groups in total. The molecule has 0 aromatic heterocycles. The summed E-state index contributed by atoms with van der Waals surface area (Å²) in [4.78, 5) is 23.8. The first-order valence-electron chi connectivity index (χ1n) is 6.34. The molecule has 0 aliphatic heterocycles. The monoisotopic (exact) mass is 354 g/mol. The number of benzene rings is 1. The minimum Gasteiger partial charge on any atom is -0.515 e. The van der Waals surface area contributed by atoms with Gasteiger partial charge in [-0.1, -0.05) is 15.9 Å². The van der Waals surface area contributed by atoms with Crippen LogP contribution in [0.15, 0.2) is 28.4 Å². The van der Waals surface area contributed by atoms with E-state index in [2.05, 4.69) is 15.9 Å². The Hall–Kier alpha value is -1.82. The number of allylic oxidation sites excluding steroid dienone is 1. The number of hydrogen-bond acceptors (Lipinski definition) is 5. The average molecular weight is 355 g/mol. The van der Waals surface area contributed by atoms with Gasteiger partial charge in [-0.05, 0) is 6.07 Å². The van der Waals surface area contributed by atoms with Crippen molar-refractivity contribution in [2.75, 3.05) is 14.2 Å². The highest BCUT2D eigenvalue weighted by molar-refractivity contribution is 9.10. The summed E-state index contributed by atoms with van der Waals surface area (Å²) in [5.41, 5.74) is 0.631. The van der Waals surface area contributed by atoms with Crippen molar-refractivity contribution in [3.63, 3.8) is 0 Å². The minimum absolute atomic E-state index is 0.130. The van der Waals surface area contributed by atoms with Gasteiger partial charge in [-0.15, -0.1) is 0 Å². The van der Waals surface area contributed by atoms with Crippen LogP contribution in [-0.4, -0.2) is 30.9 Å². The molecule has 1 aromatic rings. The van der Waals surface area contributed by atoms with Crippen LogP contribution in [0.25, 0.3) is 0 Å². The molecule has 0 unspecified atom stereocenters. The molecular weight excluding hydrogens is 340 g/mol. The molecule has 0 atom stereocenters. The fourth-order valence-corrected chi connectivity index (χ4v) is 3.24. The fraction of sp³-hybridized carbons (Fsp3) is 0.333. The smallest absolute Gasteiger partial charge is 0.170 e. The van der Waals surface area contributed by atoms with E-state index in [4.69, 9.17) is 14.6 Å². The van der Waals surface area contributed by atoms with Crippen molar-refractivity contribution in [3.05, 3.63) is 34.0 Å². The Morgan fingerprint density at radius 1 is 1.19 bits per heavy atom. The van der Waals surface area contributed by atoms with Crippen molar-refractivity contribution < 1.29 is 24.2 Å². The third kappa shape index (κ3) is 2.95. The van der Waals surface area contributed by atoms with Crippen molar-refractivity contribution in [1.29, 1.82) is 0 Å². The van der Waals surface area contributed by atoms with E-state index in [1.165, 1.54) is 7.11 Å². The van der Waals surface area contributed by atoms with E-state index in [-0.39, 0.29) is 35.9 Å². The number of carbonyl (C=O) groups excluding carboxylic acids is 2. The molecule has 0 heterocycles. The summed E-state index contributed by atoms with van der Waals surface area (Å²) in [5, 5.41) is 8.96. The first-order chi connectivity index (χ1) is 10.0. The van der Waals surface area contributed by atoms with E-state index in [0.29, 0.717) is 17.8 Å². The molecule has 112 valence electrons. The van der Waals surface area contributed by atoms with Crippen LogP contribution < -0.4 is 9.47 Å². The van der Waals surface area contributed by atoms with E-state index in [1.54, 1.807) is 19.2 Å². The SMILES string of the molecule is COc1cc(Br)c(C2CC(=O)C(=CO)C(=O)C2)c(OC)c1. The molecule has 1 aromatic carbocycles. The quantitative estimate of drug-likeness (QED) is 0.513. The second kappa shape index (κ2) is 6.30. The number of aliphatic hydroxyl groups is 1. The lowest BCUT2D eigenvalue weighted by Crippen LogP contribution is -2.25. The summed E-state index contributed by atoms with van der Waals surface area (Å²) in [6.45, 7) is 0. The number of methoxy groups -OCH3 is 2. The van der Waals surface area contributed by atoms with Crippen molar-refractivity contribution >= 4 is 27.5 Å². The van der Waals surface area contributed by atoms with Gasteiger partial charge in [-0.25, -0.2) is 0 Å². The van der Waals surface area contributed by atoms with Gasteiger partial charge in [0.1, 0.15) is 11.5 Å². The van der Waals surface area contributed by atoms with Crippen LogP contribution >= 0.6 is 15.9 Å². The van der Waals surface area contributed by atoms with Crippen molar-refractivity contribution in [3.8, 4) is 11.5 Å². The van der Waals surface area contributed by atoms with Gasteiger partial charge in [0, 0.05) is 34.9 Å². The summed E-state index contributed by atoms with van der Waals surface area (Å²) in [5.74, 6) is 0.172. The molecule has 1 saturated carbocycles. The van der Waals surface area contributed by atoms with Gasteiger partial charge < -0.3 is 14.6 Å². The Morgan fingerprint density at radius 3 is 2.29 bits per heavy atom. The molecule has 0 amide bonds. The molecule has 0 radical (unpaired) electrons. The van der Waals surface area contributed by atoms with Gasteiger partial charge in [0.25, 0.3) is 0 Å². The lowest BCUT2D eigenvalue weighted by atomic mass is 9.80. The topological polar surface area (TPSA) is 72.8 Å². The highest BCUT2D eigenvalue weighted by atomic mass is 79.9. The Morgan fingerprint density at radius 2 is 1.81 bits per heavy atom. The molecule has 21 heavy (non-hydrogen) atoms. The minimum atomic E-state index is -0.358. The van der Waals surface area contributed by atoms with E-state index in [9.17, 15) is 9.59 Å². The van der Waals surface area contributed by atoms with Gasteiger partial charge in [-0.3, -0.25) is 9.59 Å². The summed E-state index contributed by atoms with van der Waals surface area (Å²) >= 11 is 3.44. The predicted molar refractivity (Wildman–Crippen MR) is 79.9 cm³/mol. The summed E-state index contributed by atoms with van der Waals surface area (Å²) < 4.78 is 11.2. The van der Waals surface area contributed by atoms with Crippen LogP contribution in [0.3, 0.4) is 0 Å². The molecule has 2 rings (SSSR count). The Bertz CT molecular complexity index is 601. The Balaban J connectivity index is 2.43. The maximum absolute atomic E-state index is 11.9. The molecule has 1 aliphatic carbocycles. The number of carbonyl (C=O) groups is 2. The second-order valence-corrected chi connectivity index (χ2v) is 5.57. The second-order valence-electron chi connectivity index (χ2n) is 4.72. The van der Waals surface area contributed by atoms with Crippen LogP contribution in [0.2, 0.25) is 0 Å². The molecule has 0 bridgehead atoms. The number of rotatable bonds is 3. The lowest BCUT2D eigenvalue weighted by molar-refractivity contribution is -0.124. The summed E-state index contributed by atoms with van der Waals surface area (Å²) in [6, 6.07) is 3.48. The van der Waals surface area contributed by atoms with Gasteiger partial charge in [0.05, 0.1) is 26.1 Å². The third-order valence-corrected chi connectivity index (χ3v) is 4.18. The maximum atomic E-state index is 11.9. The first-order valence-corrected chi connectivity index (χ1v) is 7.13. The van der Waals surface area contributed by atoms with Crippen LogP contribution in [0.5, 0.6) is 11.5 Å². The van der Waals surface area contributed by atoms with Crippen LogP contribution in [0.1, 0.15) is 24.3 Å². The van der Waals surface area contributed by atoms with Crippen molar-refractivity contribution in [2.45, 2.75) is 18.8 Å². The van der Waals surface area contributed by atoms with Gasteiger partial charge >= 0.3 is 0 Å². The molecule has 1 aliphatic rings. The van der Waals surface area contributed by atoms with Crippen molar-refractivity contribution in [2.24, 2.45) is 0 Å². The molecule has 0 saturated heterocycles. The number of hydrogen-bond donors (Lipinski definition) is 1. The number of ketones is 2. The molecule has 0 spiro atoms. The normalized spacial score (nSPS) is 18.6. The average Bonchev–Trinajstić information content (AvgIpc) is 2.45. The van der Waals surface area contributed by atoms with E-state index in [0.717, 1.165) is 10.0 Å². The standard InChI is InChI=1S/C15H15BrO5/c1-20-9-5-11(16)15(14(6-9)21-2)8-3-12(18)10(7-17)13(19)4-8/h5-8,17H,3-4H2,1-2H3. The first kappa shape index (κ1) is 15.6. The highest BCUT2D eigenvalue weighted by Crippen LogP contribution is 2.42. The Labute approximate surface area is 130 Å². The number of ether oxygens (including phenoxy) is 2. The molecular formula is C15H15BrO5. The number of aliphatic hydroxyl groups excluding tert-OH is 1. The largest absolute Gasteiger partial charge is 0.515 e. The molecule has 5 nitrogen and oxygen atoms in total. The summed E-state index contributed by atoms with van der Waals surface area (Å²) in [7, 11) is 3.07. The number of Topliss-reactive ketones (excluding diaryl/α,β-unsaturated/α-hetero) is 2. The van der Waals surface area contributed by atoms with E-state index >= 15 is 0 Å². The molecule has 6 heteroatoms. The van der Waals surface area contributed by atoms with Gasteiger partial charge in [-0.2, -0.15) is 0 Å². The van der Waals surface area contributed by atoms with Crippen LogP contribution in [0.4, 0.5) is 0 Å².